The zero-order valence-electron chi connectivity index (χ0n) is 27.6. The van der Waals surface area contributed by atoms with E-state index in [1.54, 1.807) is 26.2 Å². The summed E-state index contributed by atoms with van der Waals surface area (Å²) >= 11 is 0. The zero-order chi connectivity index (χ0) is 32.8. The van der Waals surface area contributed by atoms with Crippen molar-refractivity contribution in [3.63, 3.8) is 0 Å². The summed E-state index contributed by atoms with van der Waals surface area (Å²) in [5, 5.41) is 17.8. The molecule has 0 radical (unpaired) electrons. The molecule has 6 rings (SSSR count). The number of ether oxygens (including phenoxy) is 1. The summed E-state index contributed by atoms with van der Waals surface area (Å²) in [5.41, 5.74) is -0.396. The largest absolute Gasteiger partial charge is 0.453 e. The van der Waals surface area contributed by atoms with Gasteiger partial charge in [0.05, 0.1) is 7.11 Å². The van der Waals surface area contributed by atoms with Gasteiger partial charge in [-0.15, -0.1) is 0 Å². The van der Waals surface area contributed by atoms with E-state index in [2.05, 4.69) is 33.1 Å². The van der Waals surface area contributed by atoms with E-state index in [9.17, 15) is 19.2 Å². The number of likely N-dealkylation sites (tertiary alicyclic amines) is 1. The molecule has 13 nitrogen and oxygen atoms in total. The van der Waals surface area contributed by atoms with Crippen LogP contribution in [0.2, 0.25) is 0 Å². The van der Waals surface area contributed by atoms with Crippen LogP contribution < -0.4 is 16.0 Å². The standard InChI is InChI=1S/C33H47N7O6/c1-19(21-8-6-9-21)35-30(43)33(15-17-40(18-33)31(44)45-5)27-25(20(2)46-38-27)36-29(42)26(37-28(41)23-12-16-34-39(23)4)24(22-10-7-11-22)32(3)13-14-32/h12,16,19,21-22,24,26H,6-11,13-15,17-18H2,1-5H3,(H,35,43)(H,36,42)(H,37,41)/t19?,24?,26-,33?/m0/s1. The number of hydrogen-bond acceptors (Lipinski definition) is 8. The third kappa shape index (κ3) is 5.77. The third-order valence-electron chi connectivity index (χ3n) is 11.4. The molecule has 3 saturated carbocycles. The van der Waals surface area contributed by atoms with Crippen LogP contribution in [0.1, 0.15) is 93.6 Å². The van der Waals surface area contributed by atoms with Gasteiger partial charge in [0, 0.05) is 32.4 Å². The van der Waals surface area contributed by atoms with E-state index in [1.807, 2.05) is 6.92 Å². The first kappa shape index (κ1) is 32.1. The summed E-state index contributed by atoms with van der Waals surface area (Å²) in [4.78, 5) is 56.3. The van der Waals surface area contributed by atoms with Gasteiger partial charge >= 0.3 is 6.09 Å². The summed E-state index contributed by atoms with van der Waals surface area (Å²) in [5.74, 6) is -0.0331. The molecule has 4 aliphatic rings. The Labute approximate surface area is 269 Å². The quantitative estimate of drug-likeness (QED) is 0.336. The molecule has 4 amide bonds. The lowest BCUT2D eigenvalue weighted by Crippen LogP contribution is -2.54. The minimum Gasteiger partial charge on any atom is -0.453 e. The number of hydrogen-bond donors (Lipinski definition) is 3. The molecule has 3 unspecified atom stereocenters. The maximum atomic E-state index is 14.5. The predicted molar refractivity (Wildman–Crippen MR) is 168 cm³/mol. The lowest BCUT2D eigenvalue weighted by molar-refractivity contribution is -0.128. The van der Waals surface area contributed by atoms with Gasteiger partial charge in [-0.1, -0.05) is 37.8 Å². The predicted octanol–water partition coefficient (Wildman–Crippen LogP) is 3.68. The highest BCUT2D eigenvalue weighted by Crippen LogP contribution is 2.58. The van der Waals surface area contributed by atoms with Crippen LogP contribution in [-0.2, 0) is 26.8 Å². The topological polar surface area (TPSA) is 161 Å². The molecule has 0 bridgehead atoms. The molecule has 13 heteroatoms. The highest BCUT2D eigenvalue weighted by Gasteiger charge is 2.56. The van der Waals surface area contributed by atoms with E-state index in [0.717, 1.165) is 51.4 Å². The average Bonchev–Trinajstić information content (AvgIpc) is 3.29. The van der Waals surface area contributed by atoms with E-state index in [4.69, 9.17) is 9.26 Å². The first-order chi connectivity index (χ1) is 22.0. The summed E-state index contributed by atoms with van der Waals surface area (Å²) in [6, 6.07) is 0.746. The van der Waals surface area contributed by atoms with Crippen LogP contribution in [0.5, 0.6) is 0 Å². The van der Waals surface area contributed by atoms with E-state index in [0.29, 0.717) is 29.0 Å². The Kier molecular flexibility index (Phi) is 8.62. The fraction of sp³-hybridized carbons (Fsp3) is 0.697. The average molecular weight is 638 g/mol. The monoisotopic (exact) mass is 637 g/mol. The van der Waals surface area contributed by atoms with Crippen LogP contribution in [0.25, 0.3) is 0 Å². The molecule has 4 atom stereocenters. The number of carbonyl (C=O) groups is 4. The van der Waals surface area contributed by atoms with Crippen molar-refractivity contribution in [1.82, 2.24) is 30.5 Å². The van der Waals surface area contributed by atoms with E-state index in [1.165, 1.54) is 16.7 Å². The van der Waals surface area contributed by atoms with Crippen molar-refractivity contribution in [3.8, 4) is 0 Å². The summed E-state index contributed by atoms with van der Waals surface area (Å²) in [6.07, 6.45) is 9.65. The van der Waals surface area contributed by atoms with Crippen LogP contribution in [0.4, 0.5) is 10.5 Å². The molecule has 3 aliphatic carbocycles. The number of methoxy groups -OCH3 is 1. The molecule has 0 spiro atoms. The van der Waals surface area contributed by atoms with Crippen LogP contribution in [0.15, 0.2) is 16.8 Å². The van der Waals surface area contributed by atoms with Crippen molar-refractivity contribution >= 4 is 29.5 Å². The van der Waals surface area contributed by atoms with Crippen molar-refractivity contribution in [2.45, 2.75) is 96.1 Å². The lowest BCUT2D eigenvalue weighted by atomic mass is 9.66. The molecule has 1 saturated heterocycles. The van der Waals surface area contributed by atoms with Gasteiger partial charge in [0.1, 0.15) is 28.5 Å². The molecule has 3 heterocycles. The van der Waals surface area contributed by atoms with Crippen LogP contribution in [-0.4, -0.2) is 75.9 Å². The number of aryl methyl sites for hydroxylation is 2. The molecule has 250 valence electrons. The number of aromatic nitrogens is 3. The van der Waals surface area contributed by atoms with Crippen molar-refractivity contribution < 1.29 is 28.4 Å². The summed E-state index contributed by atoms with van der Waals surface area (Å²) < 4.78 is 12.2. The Morgan fingerprint density at radius 1 is 1.07 bits per heavy atom. The van der Waals surface area contributed by atoms with Crippen molar-refractivity contribution in [1.29, 1.82) is 0 Å². The minimum absolute atomic E-state index is 0.0289. The molecule has 46 heavy (non-hydrogen) atoms. The van der Waals surface area contributed by atoms with E-state index >= 15 is 0 Å². The molecule has 2 aromatic rings. The highest BCUT2D eigenvalue weighted by atomic mass is 16.5. The Bertz CT molecular complexity index is 1490. The number of nitrogens with one attached hydrogen (secondary N) is 3. The third-order valence-corrected chi connectivity index (χ3v) is 11.4. The van der Waals surface area contributed by atoms with Crippen molar-refractivity contribution in [2.75, 3.05) is 25.5 Å². The number of carbonyl (C=O) groups excluding carboxylic acids is 4. The molecule has 2 aromatic heterocycles. The Morgan fingerprint density at radius 3 is 2.33 bits per heavy atom. The normalized spacial score (nSPS) is 24.2. The molecule has 3 N–H and O–H groups in total. The second-order valence-corrected chi connectivity index (χ2v) is 14.3. The van der Waals surface area contributed by atoms with Gasteiger partial charge in [-0.2, -0.15) is 5.10 Å². The number of amides is 4. The van der Waals surface area contributed by atoms with Crippen LogP contribution >= 0.6 is 0 Å². The lowest BCUT2D eigenvalue weighted by Gasteiger charge is -2.42. The second-order valence-electron chi connectivity index (χ2n) is 14.3. The van der Waals surface area contributed by atoms with Gasteiger partial charge in [0.15, 0.2) is 5.76 Å². The van der Waals surface area contributed by atoms with Gasteiger partial charge in [-0.25, -0.2) is 4.79 Å². The zero-order valence-corrected chi connectivity index (χ0v) is 27.6. The van der Waals surface area contributed by atoms with Gasteiger partial charge < -0.3 is 30.1 Å². The van der Waals surface area contributed by atoms with Gasteiger partial charge in [-0.3, -0.25) is 19.1 Å². The fourth-order valence-corrected chi connectivity index (χ4v) is 7.73. The van der Waals surface area contributed by atoms with Gasteiger partial charge in [0.25, 0.3) is 5.91 Å². The summed E-state index contributed by atoms with van der Waals surface area (Å²) in [6.45, 7) is 6.21. The molecule has 4 fully saturated rings. The van der Waals surface area contributed by atoms with E-state index < -0.39 is 17.6 Å². The number of rotatable bonds is 11. The number of nitrogens with zero attached hydrogens (tertiary/aromatic N) is 4. The minimum atomic E-state index is -1.27. The SMILES string of the molecule is COC(=O)N1CCC(C(=O)NC(C)C2CCC2)(c2noc(C)c2NC(=O)[C@@H](NC(=O)c2ccnn2C)C(C2CCC2)C2(C)CC2)C1. The first-order valence-electron chi connectivity index (χ1n) is 16.7. The maximum absolute atomic E-state index is 14.5. The van der Waals surface area contributed by atoms with E-state index in [-0.39, 0.29) is 60.3 Å². The second kappa shape index (κ2) is 12.4. The van der Waals surface area contributed by atoms with Crippen LogP contribution in [0.3, 0.4) is 0 Å². The van der Waals surface area contributed by atoms with Gasteiger partial charge in [0.2, 0.25) is 11.8 Å². The Balaban J connectivity index is 1.33. The smallest absolute Gasteiger partial charge is 0.409 e. The molecule has 0 aromatic carbocycles. The van der Waals surface area contributed by atoms with Crippen molar-refractivity contribution in [2.24, 2.45) is 30.2 Å². The fourth-order valence-electron chi connectivity index (χ4n) is 7.73. The number of anilines is 1. The van der Waals surface area contributed by atoms with Gasteiger partial charge in [-0.05, 0) is 75.2 Å². The Hall–Kier alpha value is -3.90. The molecule has 1 aliphatic heterocycles. The first-order valence-corrected chi connectivity index (χ1v) is 16.7. The molecular formula is C33H47N7O6. The van der Waals surface area contributed by atoms with Crippen molar-refractivity contribution in [3.05, 3.63) is 29.4 Å². The highest BCUT2D eigenvalue weighted by molar-refractivity contribution is 6.02. The van der Waals surface area contributed by atoms with Crippen LogP contribution in [0, 0.1) is 30.1 Å². The Morgan fingerprint density at radius 2 is 1.76 bits per heavy atom. The molecular weight excluding hydrogens is 590 g/mol. The summed E-state index contributed by atoms with van der Waals surface area (Å²) in [7, 11) is 3.00. The maximum Gasteiger partial charge on any atom is 0.409 e.